The number of aliphatic hydroxyl groups is 1. The van der Waals surface area contributed by atoms with E-state index in [1.165, 1.54) is 0 Å². The summed E-state index contributed by atoms with van der Waals surface area (Å²) in [5.41, 5.74) is 4.77. The Hall–Kier alpha value is -3.84. The first-order chi connectivity index (χ1) is 17.4. The summed E-state index contributed by atoms with van der Waals surface area (Å²) in [6, 6.07) is 15.1. The fourth-order valence-corrected chi connectivity index (χ4v) is 4.01. The number of nitrogens with one attached hydrogen (secondary N) is 3. The number of carbonyl (C=O) groups excluding carboxylic acids is 2. The second-order valence-electron chi connectivity index (χ2n) is 9.36. The lowest BCUT2D eigenvalue weighted by Crippen LogP contribution is -2.35. The summed E-state index contributed by atoms with van der Waals surface area (Å²) < 4.78 is 0. The number of carbonyl (C=O) groups is 2. The summed E-state index contributed by atoms with van der Waals surface area (Å²) in [6.45, 7) is 7.33. The molecule has 1 saturated heterocycles. The van der Waals surface area contributed by atoms with E-state index in [0.717, 1.165) is 61.5 Å². The third-order valence-corrected chi connectivity index (χ3v) is 6.39. The van der Waals surface area contributed by atoms with Crippen molar-refractivity contribution in [1.29, 1.82) is 0 Å². The topological polar surface area (TPSA) is 93.7 Å². The first-order valence-electron chi connectivity index (χ1n) is 12.4. The SMILES string of the molecule is C=C/C(=C\C=C(/C)NC(=O)c1ccc(N2CCC(O)CC2)cc1)Nc1ccc(NC(=O)C2CC2)cc1. The molecule has 2 amide bonds. The van der Waals surface area contributed by atoms with Crippen LogP contribution in [0.2, 0.25) is 0 Å². The van der Waals surface area contributed by atoms with Crippen molar-refractivity contribution >= 4 is 28.9 Å². The number of benzene rings is 2. The summed E-state index contributed by atoms with van der Waals surface area (Å²) in [5.74, 6) is 0.0850. The zero-order valence-corrected chi connectivity index (χ0v) is 20.7. The van der Waals surface area contributed by atoms with Crippen LogP contribution in [-0.2, 0) is 4.79 Å². The van der Waals surface area contributed by atoms with Crippen molar-refractivity contribution < 1.29 is 14.7 Å². The van der Waals surface area contributed by atoms with Gasteiger partial charge in [-0.15, -0.1) is 0 Å². The number of nitrogens with zero attached hydrogens (tertiary/aromatic N) is 1. The number of rotatable bonds is 9. The van der Waals surface area contributed by atoms with E-state index in [2.05, 4.69) is 27.4 Å². The molecule has 4 rings (SSSR count). The number of allylic oxidation sites excluding steroid dienone is 4. The number of amides is 2. The fourth-order valence-electron chi connectivity index (χ4n) is 4.01. The fraction of sp³-hybridized carbons (Fsp3) is 0.310. The maximum Gasteiger partial charge on any atom is 0.255 e. The Morgan fingerprint density at radius 3 is 2.11 bits per heavy atom. The number of aliphatic hydroxyl groups excluding tert-OH is 1. The molecule has 2 aromatic rings. The van der Waals surface area contributed by atoms with Gasteiger partial charge in [0.05, 0.1) is 6.10 Å². The summed E-state index contributed by atoms with van der Waals surface area (Å²) in [5, 5.41) is 18.8. The minimum absolute atomic E-state index is 0.0868. The average molecular weight is 487 g/mol. The van der Waals surface area contributed by atoms with Gasteiger partial charge in [0.1, 0.15) is 0 Å². The second-order valence-corrected chi connectivity index (χ2v) is 9.36. The van der Waals surface area contributed by atoms with Gasteiger partial charge in [-0.3, -0.25) is 9.59 Å². The number of hydrogen-bond acceptors (Lipinski definition) is 5. The largest absolute Gasteiger partial charge is 0.393 e. The zero-order valence-electron chi connectivity index (χ0n) is 20.7. The Morgan fingerprint density at radius 1 is 0.917 bits per heavy atom. The Kier molecular flexibility index (Phi) is 8.23. The molecule has 36 heavy (non-hydrogen) atoms. The van der Waals surface area contributed by atoms with Crippen molar-refractivity contribution in [2.75, 3.05) is 28.6 Å². The van der Waals surface area contributed by atoms with E-state index < -0.39 is 0 Å². The van der Waals surface area contributed by atoms with Crippen LogP contribution in [0, 0.1) is 5.92 Å². The molecule has 2 aromatic carbocycles. The molecule has 7 heteroatoms. The normalized spacial score (nSPS) is 16.9. The first kappa shape index (κ1) is 25.3. The van der Waals surface area contributed by atoms with Crippen molar-refractivity contribution in [3.63, 3.8) is 0 Å². The van der Waals surface area contributed by atoms with Gasteiger partial charge in [-0.05, 0) is 99.4 Å². The zero-order chi connectivity index (χ0) is 25.5. The van der Waals surface area contributed by atoms with E-state index in [0.29, 0.717) is 11.3 Å². The third-order valence-electron chi connectivity index (χ3n) is 6.39. The predicted molar refractivity (Wildman–Crippen MR) is 145 cm³/mol. The van der Waals surface area contributed by atoms with Crippen molar-refractivity contribution in [2.24, 2.45) is 5.92 Å². The Morgan fingerprint density at radius 2 is 1.53 bits per heavy atom. The molecule has 0 aromatic heterocycles. The Labute approximate surface area is 212 Å². The van der Waals surface area contributed by atoms with Gasteiger partial charge >= 0.3 is 0 Å². The molecule has 2 aliphatic rings. The number of hydrogen-bond donors (Lipinski definition) is 4. The minimum Gasteiger partial charge on any atom is -0.393 e. The van der Waals surface area contributed by atoms with Crippen LogP contribution in [0.3, 0.4) is 0 Å². The monoisotopic (exact) mass is 486 g/mol. The van der Waals surface area contributed by atoms with Crippen LogP contribution in [-0.4, -0.2) is 36.1 Å². The number of anilines is 3. The Balaban J connectivity index is 1.30. The molecule has 0 spiro atoms. The molecule has 1 saturated carbocycles. The highest BCUT2D eigenvalue weighted by Gasteiger charge is 2.29. The first-order valence-corrected chi connectivity index (χ1v) is 12.4. The van der Waals surface area contributed by atoms with E-state index in [1.54, 1.807) is 6.08 Å². The van der Waals surface area contributed by atoms with Crippen LogP contribution in [0.15, 0.2) is 84.7 Å². The molecule has 0 bridgehead atoms. The van der Waals surface area contributed by atoms with Crippen LogP contribution in [0.1, 0.15) is 43.0 Å². The van der Waals surface area contributed by atoms with Gasteiger partial charge in [0.25, 0.3) is 5.91 Å². The van der Waals surface area contributed by atoms with Gasteiger partial charge in [0.15, 0.2) is 0 Å². The maximum atomic E-state index is 12.7. The van der Waals surface area contributed by atoms with Gasteiger partial charge in [0, 0.05) is 53.0 Å². The van der Waals surface area contributed by atoms with Crippen LogP contribution in [0.25, 0.3) is 0 Å². The highest BCUT2D eigenvalue weighted by molar-refractivity contribution is 5.95. The van der Waals surface area contributed by atoms with Gasteiger partial charge in [-0.1, -0.05) is 6.58 Å². The maximum absolute atomic E-state index is 12.7. The minimum atomic E-state index is -0.210. The lowest BCUT2D eigenvalue weighted by molar-refractivity contribution is -0.117. The average Bonchev–Trinajstić information content (AvgIpc) is 3.74. The van der Waals surface area contributed by atoms with Crippen molar-refractivity contribution in [1.82, 2.24) is 5.32 Å². The highest BCUT2D eigenvalue weighted by atomic mass is 16.3. The molecule has 0 radical (unpaired) electrons. The third kappa shape index (κ3) is 7.09. The highest BCUT2D eigenvalue weighted by Crippen LogP contribution is 2.30. The predicted octanol–water partition coefficient (Wildman–Crippen LogP) is 4.81. The van der Waals surface area contributed by atoms with E-state index >= 15 is 0 Å². The number of piperidine rings is 1. The van der Waals surface area contributed by atoms with Gasteiger partial charge in [0.2, 0.25) is 5.91 Å². The van der Waals surface area contributed by atoms with Crippen molar-refractivity contribution in [2.45, 2.75) is 38.7 Å². The van der Waals surface area contributed by atoms with Crippen LogP contribution in [0.5, 0.6) is 0 Å². The van der Waals surface area contributed by atoms with Crippen LogP contribution < -0.4 is 20.9 Å². The molecular weight excluding hydrogens is 452 g/mol. The van der Waals surface area contributed by atoms with E-state index in [-0.39, 0.29) is 23.8 Å². The molecule has 7 nitrogen and oxygen atoms in total. The van der Waals surface area contributed by atoms with E-state index in [4.69, 9.17) is 0 Å². The van der Waals surface area contributed by atoms with E-state index in [1.807, 2.05) is 67.6 Å². The molecule has 0 unspecified atom stereocenters. The lowest BCUT2D eigenvalue weighted by atomic mass is 10.1. The van der Waals surface area contributed by atoms with Crippen molar-refractivity contribution in [3.8, 4) is 0 Å². The van der Waals surface area contributed by atoms with Gasteiger partial charge < -0.3 is 26.0 Å². The van der Waals surface area contributed by atoms with Gasteiger partial charge in [-0.2, -0.15) is 0 Å². The van der Waals surface area contributed by atoms with Gasteiger partial charge in [-0.25, -0.2) is 0 Å². The summed E-state index contributed by atoms with van der Waals surface area (Å²) in [4.78, 5) is 26.8. The van der Waals surface area contributed by atoms with Crippen LogP contribution in [0.4, 0.5) is 17.1 Å². The smallest absolute Gasteiger partial charge is 0.255 e. The molecule has 1 aliphatic carbocycles. The lowest BCUT2D eigenvalue weighted by Gasteiger charge is -2.31. The molecule has 1 aliphatic heterocycles. The van der Waals surface area contributed by atoms with Crippen molar-refractivity contribution in [3.05, 3.63) is 90.3 Å². The summed E-state index contributed by atoms with van der Waals surface area (Å²) in [7, 11) is 0. The summed E-state index contributed by atoms with van der Waals surface area (Å²) in [6.07, 6.45) is 8.65. The molecule has 2 fully saturated rings. The van der Waals surface area contributed by atoms with Crippen LogP contribution >= 0.6 is 0 Å². The quantitative estimate of drug-likeness (QED) is 0.382. The molecule has 1 heterocycles. The molecule has 4 N–H and O–H groups in total. The molecule has 0 atom stereocenters. The standard InChI is InChI=1S/C29H34N4O3/c1-3-23(31-24-10-12-25(13-11-24)32-29(36)21-5-6-21)9-4-20(2)30-28(35)22-7-14-26(15-8-22)33-18-16-27(34)17-19-33/h3-4,7-15,21,27,31,34H,1,5-6,16-19H2,2H3,(H,30,35)(H,32,36)/b20-4+,23-9+. The second kappa shape index (κ2) is 11.7. The Bertz CT molecular complexity index is 1140. The summed E-state index contributed by atoms with van der Waals surface area (Å²) >= 11 is 0. The molecule has 188 valence electrons. The molecular formula is C29H34N4O3. The van der Waals surface area contributed by atoms with E-state index in [9.17, 15) is 14.7 Å².